The van der Waals surface area contributed by atoms with Gasteiger partial charge in [0.2, 0.25) is 11.8 Å². The van der Waals surface area contributed by atoms with Crippen LogP contribution in [0.1, 0.15) is 33.7 Å². The summed E-state index contributed by atoms with van der Waals surface area (Å²) in [7, 11) is -1.03. The van der Waals surface area contributed by atoms with Crippen LogP contribution in [-0.4, -0.2) is 86.0 Å². The third kappa shape index (κ3) is 4.24. The molecule has 1 saturated carbocycles. The highest BCUT2D eigenvalue weighted by atomic mass is 31.1. The molecule has 1 aliphatic heterocycles. The average Bonchev–Trinajstić information content (AvgIpc) is 3.07. The second kappa shape index (κ2) is 9.19. The predicted molar refractivity (Wildman–Crippen MR) is 122 cm³/mol. The molecule has 14 nitrogen and oxygen atoms in total. The van der Waals surface area contributed by atoms with Crippen molar-refractivity contribution in [2.24, 2.45) is 5.41 Å². The van der Waals surface area contributed by atoms with E-state index >= 15 is 0 Å². The molecule has 1 saturated heterocycles. The summed E-state index contributed by atoms with van der Waals surface area (Å²) >= 11 is 0. The third-order valence-electron chi connectivity index (χ3n) is 6.49. The second-order valence-corrected chi connectivity index (χ2v) is 10.3. The second-order valence-electron chi connectivity index (χ2n) is 9.24. The van der Waals surface area contributed by atoms with Gasteiger partial charge in [-0.25, -0.2) is 4.98 Å². The Kier molecular flexibility index (Phi) is 6.72. The molecule has 7 unspecified atom stereocenters. The number of nitrogens with one attached hydrogen (secondary N) is 1. The van der Waals surface area contributed by atoms with Crippen LogP contribution in [0.5, 0.6) is 5.88 Å². The van der Waals surface area contributed by atoms with Crippen LogP contribution in [0.3, 0.4) is 0 Å². The number of nitrogen functional groups attached to an aromatic ring is 1. The fraction of sp³-hybridized carbons (Fsp3) is 0.700. The van der Waals surface area contributed by atoms with Gasteiger partial charge in [-0.05, 0) is 25.3 Å². The normalized spacial score (nSPS) is 31.2. The summed E-state index contributed by atoms with van der Waals surface area (Å²) < 4.78 is 35.2. The summed E-state index contributed by atoms with van der Waals surface area (Å²) in [5.74, 6) is -0.402. The standard InChI is InChI=1S/C20H30N6O8P/c1-9(2)34-16(28)10(3)25-35(30)33-6-11-13(27)20(29)17(19(20,4)7-32-11)26-8-22-12-14(26)23-18(21)24-15(12)31-5/h8-11,13,17,27,29H,6-7H2,1-5H3,(H,25,30)(H2,21,23,24)/q+1. The molecule has 35 heavy (non-hydrogen) atoms. The van der Waals surface area contributed by atoms with Gasteiger partial charge in [-0.15, -0.1) is 4.52 Å². The fourth-order valence-electron chi connectivity index (χ4n) is 4.63. The minimum absolute atomic E-state index is 0.0252. The van der Waals surface area contributed by atoms with Crippen LogP contribution in [0, 0.1) is 5.41 Å². The molecular formula is C20H30N6O8P+. The van der Waals surface area contributed by atoms with Crippen molar-refractivity contribution >= 4 is 31.3 Å². The van der Waals surface area contributed by atoms with Gasteiger partial charge in [0.25, 0.3) is 0 Å². The van der Waals surface area contributed by atoms with Gasteiger partial charge < -0.3 is 34.7 Å². The number of anilines is 1. The SMILES string of the molecule is COc1nc(N)nc2c1ncn2C1C2(C)COC(CO[P+](=O)NC(C)C(=O)OC(C)C)C(O)C12O. The number of hydrogen-bond donors (Lipinski definition) is 4. The van der Waals surface area contributed by atoms with E-state index in [1.807, 2.05) is 0 Å². The van der Waals surface area contributed by atoms with E-state index in [-0.39, 0.29) is 31.1 Å². The number of aliphatic hydroxyl groups is 2. The van der Waals surface area contributed by atoms with Crippen molar-refractivity contribution in [3.05, 3.63) is 6.33 Å². The topological polar surface area (TPSA) is 193 Å². The number of esters is 1. The molecule has 192 valence electrons. The highest BCUT2D eigenvalue weighted by molar-refractivity contribution is 7.36. The van der Waals surface area contributed by atoms with Gasteiger partial charge in [0.05, 0.1) is 32.2 Å². The number of fused-ring (bicyclic) bond motifs is 2. The lowest BCUT2D eigenvalue weighted by molar-refractivity contribution is -0.171. The van der Waals surface area contributed by atoms with E-state index in [0.29, 0.717) is 11.2 Å². The number of aliphatic hydroxyl groups excluding tert-OH is 1. The van der Waals surface area contributed by atoms with Gasteiger partial charge in [0.1, 0.15) is 30.5 Å². The fourth-order valence-corrected chi connectivity index (χ4v) is 5.41. The van der Waals surface area contributed by atoms with Gasteiger partial charge >= 0.3 is 14.1 Å². The Balaban J connectivity index is 1.45. The number of rotatable bonds is 9. The molecule has 0 amide bonds. The average molecular weight is 513 g/mol. The molecule has 2 aliphatic rings. The van der Waals surface area contributed by atoms with Crippen molar-refractivity contribution in [3.8, 4) is 5.88 Å². The maximum Gasteiger partial charge on any atom is 0.613 e. The molecule has 15 heteroatoms. The number of imidazole rings is 1. The molecule has 1 aliphatic carbocycles. The maximum absolute atomic E-state index is 12.3. The third-order valence-corrected chi connectivity index (χ3v) is 7.47. The van der Waals surface area contributed by atoms with E-state index in [2.05, 4.69) is 20.0 Å². The smallest absolute Gasteiger partial charge is 0.479 e. The van der Waals surface area contributed by atoms with Crippen LogP contribution in [0.15, 0.2) is 6.33 Å². The van der Waals surface area contributed by atoms with Gasteiger partial charge in [-0.1, -0.05) is 12.0 Å². The number of ether oxygens (including phenoxy) is 3. The van der Waals surface area contributed by atoms with Crippen LogP contribution in [0.2, 0.25) is 0 Å². The molecule has 5 N–H and O–H groups in total. The Morgan fingerprint density at radius 3 is 2.80 bits per heavy atom. The molecule has 2 aromatic heterocycles. The Morgan fingerprint density at radius 2 is 2.14 bits per heavy atom. The lowest BCUT2D eigenvalue weighted by Crippen LogP contribution is -2.51. The zero-order valence-corrected chi connectivity index (χ0v) is 20.9. The maximum atomic E-state index is 12.3. The minimum atomic E-state index is -2.46. The van der Waals surface area contributed by atoms with E-state index in [1.165, 1.54) is 20.4 Å². The predicted octanol–water partition coefficient (Wildman–Crippen LogP) is 0.0726. The van der Waals surface area contributed by atoms with Crippen molar-refractivity contribution in [2.45, 2.75) is 63.7 Å². The molecule has 7 atom stereocenters. The summed E-state index contributed by atoms with van der Waals surface area (Å²) in [5, 5.41) is 25.0. The van der Waals surface area contributed by atoms with E-state index in [1.54, 1.807) is 25.3 Å². The molecular weight excluding hydrogens is 483 g/mol. The first-order valence-corrected chi connectivity index (χ1v) is 12.2. The van der Waals surface area contributed by atoms with Crippen LogP contribution >= 0.6 is 8.18 Å². The largest absolute Gasteiger partial charge is 0.613 e. The molecule has 0 radical (unpaired) electrons. The number of hydrogen-bond acceptors (Lipinski definition) is 12. The first-order valence-electron chi connectivity index (χ1n) is 11.1. The lowest BCUT2D eigenvalue weighted by Gasteiger charge is -2.33. The van der Waals surface area contributed by atoms with E-state index < -0.39 is 49.5 Å². The molecule has 3 heterocycles. The summed E-state index contributed by atoms with van der Waals surface area (Å²) in [6, 6.07) is -1.50. The number of carbonyl (C=O) groups is 1. The number of nitrogens with two attached hydrogens (primary N) is 1. The Morgan fingerprint density at radius 1 is 1.43 bits per heavy atom. The number of nitrogens with zero attached hydrogens (tertiary/aromatic N) is 4. The van der Waals surface area contributed by atoms with Gasteiger partial charge in [0, 0.05) is 5.41 Å². The van der Waals surface area contributed by atoms with Gasteiger partial charge in [-0.3, -0.25) is 4.79 Å². The first kappa shape index (κ1) is 25.6. The van der Waals surface area contributed by atoms with Crippen molar-refractivity contribution < 1.29 is 38.3 Å². The van der Waals surface area contributed by atoms with Crippen LogP contribution in [-0.2, 0) is 23.4 Å². The molecule has 0 spiro atoms. The van der Waals surface area contributed by atoms with Crippen molar-refractivity contribution in [1.82, 2.24) is 24.6 Å². The zero-order valence-electron chi connectivity index (χ0n) is 20.0. The number of aromatic nitrogens is 4. The Labute approximate surface area is 202 Å². The summed E-state index contributed by atoms with van der Waals surface area (Å²) in [5.41, 5.74) is 4.04. The van der Waals surface area contributed by atoms with Crippen molar-refractivity contribution in [1.29, 1.82) is 0 Å². The number of carbonyl (C=O) groups excluding carboxylic acids is 1. The Hall–Kier alpha value is -2.48. The summed E-state index contributed by atoms with van der Waals surface area (Å²) in [6.07, 6.45) is -1.18. The highest BCUT2D eigenvalue weighted by Gasteiger charge is 2.81. The summed E-state index contributed by atoms with van der Waals surface area (Å²) in [4.78, 5) is 24.4. The van der Waals surface area contributed by atoms with E-state index in [9.17, 15) is 19.6 Å². The van der Waals surface area contributed by atoms with E-state index in [0.717, 1.165) is 0 Å². The zero-order chi connectivity index (χ0) is 25.7. The minimum Gasteiger partial charge on any atom is -0.479 e. The molecule has 4 rings (SSSR count). The first-order chi connectivity index (χ1) is 16.4. The molecule has 0 aromatic carbocycles. The van der Waals surface area contributed by atoms with Crippen LogP contribution in [0.4, 0.5) is 5.95 Å². The Bertz CT molecular complexity index is 1150. The van der Waals surface area contributed by atoms with Crippen molar-refractivity contribution in [2.75, 3.05) is 26.1 Å². The quantitative estimate of drug-likeness (QED) is 0.260. The molecule has 0 bridgehead atoms. The van der Waals surface area contributed by atoms with E-state index in [4.69, 9.17) is 24.5 Å². The molecule has 2 aromatic rings. The van der Waals surface area contributed by atoms with Crippen LogP contribution in [0.25, 0.3) is 11.2 Å². The highest BCUT2D eigenvalue weighted by Crippen LogP contribution is 2.69. The molecule has 2 fully saturated rings. The van der Waals surface area contributed by atoms with Gasteiger partial charge in [-0.2, -0.15) is 9.97 Å². The van der Waals surface area contributed by atoms with Crippen LogP contribution < -0.4 is 15.6 Å². The lowest BCUT2D eigenvalue weighted by atomic mass is 9.94. The van der Waals surface area contributed by atoms with Crippen molar-refractivity contribution in [3.63, 3.8) is 0 Å². The number of methoxy groups -OCH3 is 1. The summed E-state index contributed by atoms with van der Waals surface area (Å²) in [6.45, 7) is 6.48. The van der Waals surface area contributed by atoms with Gasteiger partial charge in [0.15, 0.2) is 11.2 Å². The monoisotopic (exact) mass is 513 g/mol.